The molecule has 0 atom stereocenters. The molecule has 1 aromatic rings. The number of halogens is 2. The van der Waals surface area contributed by atoms with Crippen LogP contribution >= 0.6 is 0 Å². The van der Waals surface area contributed by atoms with Crippen molar-refractivity contribution >= 4 is 12.0 Å². The summed E-state index contributed by atoms with van der Waals surface area (Å²) in [5, 5.41) is 0. The molecule has 0 saturated heterocycles. The number of methoxy groups -OCH3 is 1. The molecule has 0 saturated carbocycles. The van der Waals surface area contributed by atoms with Gasteiger partial charge in [-0.15, -0.1) is 0 Å². The second kappa shape index (κ2) is 6.87. The number of benzene rings is 1. The highest BCUT2D eigenvalue weighted by molar-refractivity contribution is 5.77. The van der Waals surface area contributed by atoms with Gasteiger partial charge in [0.1, 0.15) is 5.75 Å². The van der Waals surface area contributed by atoms with Crippen LogP contribution in [0.15, 0.2) is 30.3 Å². The van der Waals surface area contributed by atoms with Crippen molar-refractivity contribution < 1.29 is 23.0 Å². The molecule has 0 aliphatic rings. The zero-order chi connectivity index (χ0) is 14.3. The summed E-state index contributed by atoms with van der Waals surface area (Å²) < 4.78 is 35.8. The summed E-state index contributed by atoms with van der Waals surface area (Å²) in [7, 11) is 1.55. The number of rotatable bonds is 6. The van der Waals surface area contributed by atoms with E-state index in [-0.39, 0.29) is 6.61 Å². The van der Waals surface area contributed by atoms with Gasteiger partial charge in [0.25, 0.3) is 0 Å². The van der Waals surface area contributed by atoms with E-state index < -0.39 is 18.3 Å². The molecule has 0 fully saturated rings. The van der Waals surface area contributed by atoms with Crippen LogP contribution in [0.25, 0.3) is 6.08 Å². The van der Waals surface area contributed by atoms with Gasteiger partial charge in [0.2, 0.25) is 0 Å². The van der Waals surface area contributed by atoms with Crippen molar-refractivity contribution in [2.24, 2.45) is 0 Å². The summed E-state index contributed by atoms with van der Waals surface area (Å²) in [4.78, 5) is 11.0. The van der Waals surface area contributed by atoms with Crippen LogP contribution in [-0.4, -0.2) is 25.6 Å². The fraction of sp³-hybridized carbons (Fsp3) is 0.357. The van der Waals surface area contributed by atoms with Crippen LogP contribution in [-0.2, 0) is 9.53 Å². The van der Waals surface area contributed by atoms with E-state index >= 15 is 0 Å². The molecule has 5 heteroatoms. The molecule has 104 valence electrons. The standard InChI is InChI=1S/C14H16F2O3/c1-3-19-13(17)14(15,16)10-4-5-11-6-8-12(18-2)9-7-11/h4-9H,3,10H2,1-2H3/b5-4+. The molecule has 0 radical (unpaired) electrons. The van der Waals surface area contributed by atoms with E-state index in [0.717, 1.165) is 5.56 Å². The predicted octanol–water partition coefficient (Wildman–Crippen LogP) is 3.30. The zero-order valence-corrected chi connectivity index (χ0v) is 10.9. The van der Waals surface area contributed by atoms with Gasteiger partial charge in [0, 0.05) is 6.42 Å². The van der Waals surface area contributed by atoms with E-state index in [2.05, 4.69) is 4.74 Å². The molecular formula is C14H16F2O3. The number of carbonyl (C=O) groups is 1. The average molecular weight is 270 g/mol. The third kappa shape index (κ3) is 4.69. The maximum Gasteiger partial charge on any atom is 0.377 e. The number of allylic oxidation sites excluding steroid dienone is 1. The van der Waals surface area contributed by atoms with Crippen LogP contribution in [0.3, 0.4) is 0 Å². The lowest BCUT2D eigenvalue weighted by atomic mass is 10.1. The lowest BCUT2D eigenvalue weighted by Crippen LogP contribution is -2.30. The van der Waals surface area contributed by atoms with Crippen molar-refractivity contribution in [1.29, 1.82) is 0 Å². The van der Waals surface area contributed by atoms with E-state index in [1.807, 2.05) is 0 Å². The zero-order valence-electron chi connectivity index (χ0n) is 10.9. The Kier molecular flexibility index (Phi) is 5.48. The average Bonchev–Trinajstić information content (AvgIpc) is 2.39. The first kappa shape index (κ1) is 15.1. The fourth-order valence-electron chi connectivity index (χ4n) is 1.38. The number of carbonyl (C=O) groups excluding carboxylic acids is 1. The molecule has 0 heterocycles. The Hall–Kier alpha value is -1.91. The Balaban J connectivity index is 2.59. The van der Waals surface area contributed by atoms with E-state index in [4.69, 9.17) is 4.74 Å². The number of hydrogen-bond acceptors (Lipinski definition) is 3. The van der Waals surface area contributed by atoms with Gasteiger partial charge >= 0.3 is 11.9 Å². The maximum absolute atomic E-state index is 13.3. The van der Waals surface area contributed by atoms with Gasteiger partial charge in [-0.05, 0) is 24.6 Å². The molecule has 0 unspecified atom stereocenters. The lowest BCUT2D eigenvalue weighted by Gasteiger charge is -2.11. The fourth-order valence-corrected chi connectivity index (χ4v) is 1.38. The molecule has 0 bridgehead atoms. The molecule has 19 heavy (non-hydrogen) atoms. The van der Waals surface area contributed by atoms with E-state index in [1.165, 1.54) is 19.1 Å². The minimum Gasteiger partial charge on any atom is -0.497 e. The molecule has 0 N–H and O–H groups in total. The number of hydrogen-bond donors (Lipinski definition) is 0. The molecule has 0 aromatic heterocycles. The summed E-state index contributed by atoms with van der Waals surface area (Å²) in [6, 6.07) is 6.92. The summed E-state index contributed by atoms with van der Waals surface area (Å²) in [5.74, 6) is -4.29. The van der Waals surface area contributed by atoms with E-state index in [9.17, 15) is 13.6 Å². The maximum atomic E-state index is 13.3. The lowest BCUT2D eigenvalue weighted by molar-refractivity contribution is -0.170. The molecule has 0 spiro atoms. The monoisotopic (exact) mass is 270 g/mol. The second-order valence-corrected chi connectivity index (χ2v) is 3.80. The van der Waals surface area contributed by atoms with Crippen molar-refractivity contribution in [1.82, 2.24) is 0 Å². The van der Waals surface area contributed by atoms with Crippen LogP contribution in [0.4, 0.5) is 8.78 Å². The highest BCUT2D eigenvalue weighted by Crippen LogP contribution is 2.22. The summed E-state index contributed by atoms with van der Waals surface area (Å²) >= 11 is 0. The molecular weight excluding hydrogens is 254 g/mol. The molecule has 0 amide bonds. The first-order valence-electron chi connectivity index (χ1n) is 5.85. The quantitative estimate of drug-likeness (QED) is 0.744. The van der Waals surface area contributed by atoms with Crippen molar-refractivity contribution in [3.8, 4) is 5.75 Å². The third-order valence-corrected chi connectivity index (χ3v) is 2.37. The Labute approximate surface area is 110 Å². The molecule has 1 rings (SSSR count). The smallest absolute Gasteiger partial charge is 0.377 e. The van der Waals surface area contributed by atoms with Gasteiger partial charge in [-0.1, -0.05) is 24.3 Å². The van der Waals surface area contributed by atoms with Crippen molar-refractivity contribution in [3.63, 3.8) is 0 Å². The number of ether oxygens (including phenoxy) is 2. The van der Waals surface area contributed by atoms with E-state index in [1.54, 1.807) is 31.4 Å². The topological polar surface area (TPSA) is 35.5 Å². The van der Waals surface area contributed by atoms with Gasteiger partial charge < -0.3 is 9.47 Å². The Morgan fingerprint density at radius 1 is 1.32 bits per heavy atom. The minimum atomic E-state index is -3.49. The normalized spacial score (nSPS) is 11.6. The third-order valence-electron chi connectivity index (χ3n) is 2.37. The molecule has 0 aliphatic heterocycles. The molecule has 3 nitrogen and oxygen atoms in total. The second-order valence-electron chi connectivity index (χ2n) is 3.80. The van der Waals surface area contributed by atoms with Gasteiger partial charge in [0.15, 0.2) is 0 Å². The number of esters is 1. The van der Waals surface area contributed by atoms with E-state index in [0.29, 0.717) is 5.75 Å². The molecule has 1 aromatic carbocycles. The van der Waals surface area contributed by atoms with Gasteiger partial charge in [0.05, 0.1) is 13.7 Å². The van der Waals surface area contributed by atoms with Crippen LogP contribution in [0.1, 0.15) is 18.9 Å². The van der Waals surface area contributed by atoms with Crippen LogP contribution in [0, 0.1) is 0 Å². The Morgan fingerprint density at radius 2 is 1.95 bits per heavy atom. The summed E-state index contributed by atoms with van der Waals surface area (Å²) in [6.45, 7) is 1.43. The van der Waals surface area contributed by atoms with Crippen molar-refractivity contribution in [2.45, 2.75) is 19.3 Å². The predicted molar refractivity (Wildman–Crippen MR) is 68.2 cm³/mol. The van der Waals surface area contributed by atoms with Gasteiger partial charge in [-0.3, -0.25) is 0 Å². The highest BCUT2D eigenvalue weighted by atomic mass is 19.3. The minimum absolute atomic E-state index is 0.0589. The Bertz CT molecular complexity index is 439. The largest absolute Gasteiger partial charge is 0.497 e. The van der Waals surface area contributed by atoms with Gasteiger partial charge in [-0.25, -0.2) is 4.79 Å². The summed E-state index contributed by atoms with van der Waals surface area (Å²) in [5.41, 5.74) is 0.750. The summed E-state index contributed by atoms with van der Waals surface area (Å²) in [6.07, 6.45) is 2.09. The first-order valence-corrected chi connectivity index (χ1v) is 5.85. The van der Waals surface area contributed by atoms with Crippen LogP contribution in [0.2, 0.25) is 0 Å². The first-order chi connectivity index (χ1) is 8.99. The number of alkyl halides is 2. The highest BCUT2D eigenvalue weighted by Gasteiger charge is 2.38. The van der Waals surface area contributed by atoms with Crippen molar-refractivity contribution in [3.05, 3.63) is 35.9 Å². The van der Waals surface area contributed by atoms with Crippen LogP contribution < -0.4 is 4.74 Å². The SMILES string of the molecule is CCOC(=O)C(F)(F)C/C=C/c1ccc(OC)cc1. The Morgan fingerprint density at radius 3 is 2.47 bits per heavy atom. The van der Waals surface area contributed by atoms with Gasteiger partial charge in [-0.2, -0.15) is 8.78 Å². The van der Waals surface area contributed by atoms with Crippen LogP contribution in [0.5, 0.6) is 5.75 Å². The molecule has 0 aliphatic carbocycles. The van der Waals surface area contributed by atoms with Crippen molar-refractivity contribution in [2.75, 3.05) is 13.7 Å².